The quantitative estimate of drug-likeness (QED) is 0.877. The first-order chi connectivity index (χ1) is 8.22. The number of hydrogen-bond acceptors (Lipinski definition) is 4. The number of nitrogens with two attached hydrogens (primary N) is 1. The van der Waals surface area contributed by atoms with Crippen molar-refractivity contribution in [3.8, 4) is 5.75 Å². The number of phenols is 1. The molecule has 0 radical (unpaired) electrons. The van der Waals surface area contributed by atoms with Crippen LogP contribution >= 0.6 is 11.3 Å². The van der Waals surface area contributed by atoms with E-state index >= 15 is 0 Å². The predicted octanol–water partition coefficient (Wildman–Crippen LogP) is 3.46. The second-order valence-corrected chi connectivity index (χ2v) is 4.51. The number of aryl methyl sites for hydroxylation is 1. The molecule has 0 fully saturated rings. The van der Waals surface area contributed by atoms with Gasteiger partial charge < -0.3 is 10.8 Å². The number of unbranched alkanes of at least 4 members (excludes halogenated alkanes) is 1. The molecule has 1 aromatic heterocycles. The van der Waals surface area contributed by atoms with Crippen molar-refractivity contribution in [1.29, 1.82) is 0 Å². The van der Waals surface area contributed by atoms with Crippen LogP contribution < -0.4 is 5.73 Å². The van der Waals surface area contributed by atoms with Crippen LogP contribution in [0.1, 0.15) is 25.5 Å². The fraction of sp³-hybridized carbons (Fsp3) is 0.308. The average Bonchev–Trinajstić information content (AvgIpc) is 2.74. The van der Waals surface area contributed by atoms with Crippen LogP contribution in [-0.4, -0.2) is 10.1 Å². The van der Waals surface area contributed by atoms with Gasteiger partial charge in [0, 0.05) is 5.38 Å². The van der Waals surface area contributed by atoms with E-state index in [1.54, 1.807) is 24.3 Å². The summed E-state index contributed by atoms with van der Waals surface area (Å²) in [7, 11) is 0. The molecule has 0 aliphatic heterocycles. The zero-order valence-corrected chi connectivity index (χ0v) is 10.8. The summed E-state index contributed by atoms with van der Waals surface area (Å²) in [6.45, 7) is 2.18. The van der Waals surface area contributed by atoms with Crippen molar-refractivity contribution < 1.29 is 5.11 Å². The molecule has 0 amide bonds. The zero-order chi connectivity index (χ0) is 12.5. The molecule has 3 N–H and O–H groups in total. The molecule has 0 bridgehead atoms. The third-order valence-corrected chi connectivity index (χ3v) is 2.83. The number of thiazole rings is 1. The minimum Gasteiger partial charge on any atom is -0.508 e. The highest BCUT2D eigenvalue weighted by Crippen LogP contribution is 2.12. The van der Waals surface area contributed by atoms with Gasteiger partial charge in [-0.25, -0.2) is 4.98 Å². The normalized spacial score (nSPS) is 9.47. The summed E-state index contributed by atoms with van der Waals surface area (Å²) in [6, 6.07) is 8.71. The van der Waals surface area contributed by atoms with Gasteiger partial charge in [-0.05, 0) is 25.0 Å². The molecule has 0 aliphatic rings. The number of nitrogens with zero attached hydrogens (tertiary/aromatic N) is 1. The van der Waals surface area contributed by atoms with Gasteiger partial charge in [-0.3, -0.25) is 0 Å². The van der Waals surface area contributed by atoms with E-state index in [-0.39, 0.29) is 0 Å². The highest BCUT2D eigenvalue weighted by Gasteiger charge is 1.95. The van der Waals surface area contributed by atoms with E-state index in [1.165, 1.54) is 24.2 Å². The van der Waals surface area contributed by atoms with Gasteiger partial charge in [-0.1, -0.05) is 31.5 Å². The van der Waals surface area contributed by atoms with E-state index in [0.717, 1.165) is 12.1 Å². The second-order valence-electron chi connectivity index (χ2n) is 3.62. The van der Waals surface area contributed by atoms with Crippen molar-refractivity contribution in [2.75, 3.05) is 5.73 Å². The number of nitrogen functional groups attached to an aromatic ring is 1. The Morgan fingerprint density at radius 1 is 1.29 bits per heavy atom. The topological polar surface area (TPSA) is 59.1 Å². The van der Waals surface area contributed by atoms with Gasteiger partial charge in [-0.15, -0.1) is 11.3 Å². The number of rotatable bonds is 3. The SMILES string of the molecule is CCCCc1csc(N)n1.Oc1ccccc1. The van der Waals surface area contributed by atoms with Crippen LogP contribution in [0.15, 0.2) is 35.7 Å². The van der Waals surface area contributed by atoms with Crippen molar-refractivity contribution in [3.63, 3.8) is 0 Å². The number of aromatic hydroxyl groups is 1. The minimum atomic E-state index is 0.322. The Kier molecular flexibility index (Phi) is 6.10. The van der Waals surface area contributed by atoms with Crippen molar-refractivity contribution in [1.82, 2.24) is 4.98 Å². The summed E-state index contributed by atoms with van der Waals surface area (Å²) >= 11 is 1.52. The van der Waals surface area contributed by atoms with Crippen LogP contribution in [0.5, 0.6) is 5.75 Å². The van der Waals surface area contributed by atoms with Gasteiger partial charge in [0.15, 0.2) is 5.13 Å². The Morgan fingerprint density at radius 2 is 2.00 bits per heavy atom. The van der Waals surface area contributed by atoms with Crippen LogP contribution in [0.25, 0.3) is 0 Å². The maximum Gasteiger partial charge on any atom is 0.180 e. The third kappa shape index (κ3) is 5.92. The Hall–Kier alpha value is -1.55. The van der Waals surface area contributed by atoms with Gasteiger partial charge in [0.1, 0.15) is 5.75 Å². The zero-order valence-electron chi connectivity index (χ0n) is 9.97. The first-order valence-electron chi connectivity index (χ1n) is 5.66. The Labute approximate surface area is 106 Å². The summed E-state index contributed by atoms with van der Waals surface area (Å²) in [5.41, 5.74) is 6.60. The molecule has 0 unspecified atom stereocenters. The van der Waals surface area contributed by atoms with Crippen LogP contribution in [0.2, 0.25) is 0 Å². The summed E-state index contributed by atoms with van der Waals surface area (Å²) < 4.78 is 0. The predicted molar refractivity (Wildman–Crippen MR) is 73.2 cm³/mol. The lowest BCUT2D eigenvalue weighted by Gasteiger charge is -1.90. The number of benzene rings is 1. The van der Waals surface area contributed by atoms with E-state index < -0.39 is 0 Å². The largest absolute Gasteiger partial charge is 0.508 e. The molecule has 3 nitrogen and oxygen atoms in total. The van der Waals surface area contributed by atoms with Crippen LogP contribution in [0, 0.1) is 0 Å². The fourth-order valence-corrected chi connectivity index (χ4v) is 1.82. The molecule has 0 aliphatic carbocycles. The lowest BCUT2D eigenvalue weighted by molar-refractivity contribution is 0.475. The molecule has 2 rings (SSSR count). The summed E-state index contributed by atoms with van der Waals surface area (Å²) in [5.74, 6) is 0.322. The number of aromatic nitrogens is 1. The Balaban J connectivity index is 0.000000181. The number of hydrogen-bond donors (Lipinski definition) is 2. The molecule has 0 atom stereocenters. The van der Waals surface area contributed by atoms with Crippen LogP contribution in [0.4, 0.5) is 5.13 Å². The van der Waals surface area contributed by atoms with E-state index in [4.69, 9.17) is 10.8 Å². The molecule has 1 heterocycles. The summed E-state index contributed by atoms with van der Waals surface area (Å²) in [5, 5.41) is 11.4. The first-order valence-corrected chi connectivity index (χ1v) is 6.54. The Bertz CT molecular complexity index is 414. The van der Waals surface area contributed by atoms with Gasteiger partial charge in [0.05, 0.1) is 5.69 Å². The highest BCUT2D eigenvalue weighted by atomic mass is 32.1. The second kappa shape index (κ2) is 7.68. The smallest absolute Gasteiger partial charge is 0.180 e. The van der Waals surface area contributed by atoms with E-state index in [1.807, 2.05) is 11.4 Å². The van der Waals surface area contributed by atoms with E-state index in [0.29, 0.717) is 10.9 Å². The summed E-state index contributed by atoms with van der Waals surface area (Å²) in [6.07, 6.45) is 3.50. The number of para-hydroxylation sites is 1. The third-order valence-electron chi connectivity index (χ3n) is 2.11. The van der Waals surface area contributed by atoms with Gasteiger partial charge in [0.25, 0.3) is 0 Å². The molecule has 4 heteroatoms. The molecule has 2 aromatic rings. The minimum absolute atomic E-state index is 0.322. The standard InChI is InChI=1S/C7H12N2S.C6H6O/c1-2-3-4-6-5-10-7(8)9-6;7-6-4-2-1-3-5-6/h5H,2-4H2,1H3,(H2,8,9);1-5,7H. The Morgan fingerprint density at radius 3 is 2.41 bits per heavy atom. The van der Waals surface area contributed by atoms with Crippen molar-refractivity contribution in [3.05, 3.63) is 41.4 Å². The first kappa shape index (κ1) is 13.5. The fourth-order valence-electron chi connectivity index (χ4n) is 1.22. The van der Waals surface area contributed by atoms with Gasteiger partial charge in [-0.2, -0.15) is 0 Å². The lowest BCUT2D eigenvalue weighted by Crippen LogP contribution is -1.86. The molecule has 1 aromatic carbocycles. The monoisotopic (exact) mass is 250 g/mol. The number of anilines is 1. The van der Waals surface area contributed by atoms with Crippen molar-refractivity contribution >= 4 is 16.5 Å². The van der Waals surface area contributed by atoms with E-state index in [2.05, 4.69) is 11.9 Å². The molecule has 0 saturated heterocycles. The molecular formula is C13H18N2OS. The molecular weight excluding hydrogens is 232 g/mol. The lowest BCUT2D eigenvalue weighted by atomic mass is 10.2. The molecule has 92 valence electrons. The molecule has 17 heavy (non-hydrogen) atoms. The maximum atomic E-state index is 8.63. The molecule has 0 spiro atoms. The number of phenolic OH excluding ortho intramolecular Hbond substituents is 1. The van der Waals surface area contributed by atoms with E-state index in [9.17, 15) is 0 Å². The maximum absolute atomic E-state index is 8.63. The van der Waals surface area contributed by atoms with Crippen LogP contribution in [-0.2, 0) is 6.42 Å². The van der Waals surface area contributed by atoms with Crippen LogP contribution in [0.3, 0.4) is 0 Å². The summed E-state index contributed by atoms with van der Waals surface area (Å²) in [4.78, 5) is 4.14. The average molecular weight is 250 g/mol. The highest BCUT2D eigenvalue weighted by molar-refractivity contribution is 7.13. The van der Waals surface area contributed by atoms with Crippen molar-refractivity contribution in [2.24, 2.45) is 0 Å². The van der Waals surface area contributed by atoms with Gasteiger partial charge >= 0.3 is 0 Å². The van der Waals surface area contributed by atoms with Gasteiger partial charge in [0.2, 0.25) is 0 Å². The molecule has 0 saturated carbocycles. The van der Waals surface area contributed by atoms with Crippen molar-refractivity contribution in [2.45, 2.75) is 26.2 Å².